The smallest absolute Gasteiger partial charge is 0.0438 e. The Morgan fingerprint density at radius 3 is 2.69 bits per heavy atom. The molecular formula is C14H22ClN. The highest BCUT2D eigenvalue weighted by molar-refractivity contribution is 6.31. The summed E-state index contributed by atoms with van der Waals surface area (Å²) in [4.78, 5) is 0. The van der Waals surface area contributed by atoms with Gasteiger partial charge in [-0.05, 0) is 49.9 Å². The van der Waals surface area contributed by atoms with E-state index in [1.165, 1.54) is 18.4 Å². The van der Waals surface area contributed by atoms with Crippen molar-refractivity contribution in [2.24, 2.45) is 5.92 Å². The molecule has 2 heteroatoms. The number of hydrogen-bond donors (Lipinski definition) is 1. The van der Waals surface area contributed by atoms with Gasteiger partial charge in [0.15, 0.2) is 0 Å². The van der Waals surface area contributed by atoms with Gasteiger partial charge in [0.05, 0.1) is 0 Å². The van der Waals surface area contributed by atoms with Crippen LogP contribution in [0, 0.1) is 5.92 Å². The first-order valence-electron chi connectivity index (χ1n) is 6.18. The fourth-order valence-electron chi connectivity index (χ4n) is 1.79. The van der Waals surface area contributed by atoms with Crippen molar-refractivity contribution in [1.82, 2.24) is 5.32 Å². The highest BCUT2D eigenvalue weighted by Crippen LogP contribution is 2.19. The highest BCUT2D eigenvalue weighted by Gasteiger charge is 2.05. The Morgan fingerprint density at radius 2 is 2.00 bits per heavy atom. The first-order chi connectivity index (χ1) is 7.74. The molecule has 0 saturated carbocycles. The summed E-state index contributed by atoms with van der Waals surface area (Å²) in [5, 5.41) is 4.33. The second-order valence-electron chi connectivity index (χ2n) is 4.44. The van der Waals surface area contributed by atoms with Crippen LogP contribution in [0.1, 0.15) is 32.3 Å². The van der Waals surface area contributed by atoms with E-state index in [9.17, 15) is 0 Å². The van der Waals surface area contributed by atoms with Gasteiger partial charge in [-0.2, -0.15) is 0 Å². The zero-order valence-electron chi connectivity index (χ0n) is 10.3. The quantitative estimate of drug-likeness (QED) is 0.712. The molecule has 0 heterocycles. The average Bonchev–Trinajstić information content (AvgIpc) is 2.28. The Morgan fingerprint density at radius 1 is 1.25 bits per heavy atom. The zero-order chi connectivity index (χ0) is 11.8. The second-order valence-corrected chi connectivity index (χ2v) is 4.85. The lowest BCUT2D eigenvalue weighted by molar-refractivity contribution is 0.498. The zero-order valence-corrected chi connectivity index (χ0v) is 11.1. The summed E-state index contributed by atoms with van der Waals surface area (Å²) in [6.45, 7) is 6.72. The molecule has 1 nitrogen and oxygen atoms in total. The van der Waals surface area contributed by atoms with E-state index in [0.717, 1.165) is 24.5 Å². The molecule has 0 aromatic heterocycles. The minimum atomic E-state index is 0.684. The molecule has 1 aromatic rings. The van der Waals surface area contributed by atoms with Gasteiger partial charge in [0, 0.05) is 5.02 Å². The molecule has 0 saturated heterocycles. The topological polar surface area (TPSA) is 12.0 Å². The van der Waals surface area contributed by atoms with Gasteiger partial charge in [0.2, 0.25) is 0 Å². The van der Waals surface area contributed by atoms with E-state index in [1.54, 1.807) is 0 Å². The summed E-state index contributed by atoms with van der Waals surface area (Å²) in [7, 11) is 0. The summed E-state index contributed by atoms with van der Waals surface area (Å²) in [5.41, 5.74) is 1.27. The lowest BCUT2D eigenvalue weighted by Gasteiger charge is -2.12. The van der Waals surface area contributed by atoms with Crippen LogP contribution in [0.25, 0.3) is 0 Å². The van der Waals surface area contributed by atoms with Gasteiger partial charge in [-0.15, -0.1) is 0 Å². The summed E-state index contributed by atoms with van der Waals surface area (Å²) in [5.74, 6) is 0.684. The van der Waals surface area contributed by atoms with Crippen molar-refractivity contribution in [3.05, 3.63) is 34.9 Å². The van der Waals surface area contributed by atoms with E-state index in [4.69, 9.17) is 11.6 Å². The molecule has 0 fully saturated rings. The first kappa shape index (κ1) is 13.5. The fourth-order valence-corrected chi connectivity index (χ4v) is 2.00. The van der Waals surface area contributed by atoms with Crippen LogP contribution in [0.4, 0.5) is 0 Å². The third-order valence-corrected chi connectivity index (χ3v) is 3.14. The van der Waals surface area contributed by atoms with Gasteiger partial charge < -0.3 is 5.32 Å². The summed E-state index contributed by atoms with van der Waals surface area (Å²) >= 11 is 6.14. The van der Waals surface area contributed by atoms with Gasteiger partial charge >= 0.3 is 0 Å². The molecular weight excluding hydrogens is 218 g/mol. The van der Waals surface area contributed by atoms with E-state index in [1.807, 2.05) is 12.1 Å². The lowest BCUT2D eigenvalue weighted by atomic mass is 9.98. The maximum Gasteiger partial charge on any atom is 0.0438 e. The van der Waals surface area contributed by atoms with Crippen LogP contribution < -0.4 is 5.32 Å². The first-order valence-corrected chi connectivity index (χ1v) is 6.56. The monoisotopic (exact) mass is 239 g/mol. The molecule has 0 radical (unpaired) electrons. The molecule has 1 aromatic carbocycles. The molecule has 90 valence electrons. The van der Waals surface area contributed by atoms with Crippen molar-refractivity contribution in [1.29, 1.82) is 0 Å². The molecule has 0 bridgehead atoms. The molecule has 0 spiro atoms. The number of nitrogens with one attached hydrogen (secondary N) is 1. The van der Waals surface area contributed by atoms with Gasteiger partial charge in [-0.25, -0.2) is 0 Å². The van der Waals surface area contributed by atoms with Crippen LogP contribution in [0.5, 0.6) is 0 Å². The molecule has 1 rings (SSSR count). The number of rotatable bonds is 7. The maximum absolute atomic E-state index is 6.14. The second kappa shape index (κ2) is 7.70. The SMILES string of the molecule is CCCNCCC(C)Cc1ccccc1Cl. The minimum Gasteiger partial charge on any atom is -0.317 e. The fraction of sp³-hybridized carbons (Fsp3) is 0.571. The Kier molecular flexibility index (Phi) is 6.51. The molecule has 1 atom stereocenters. The third-order valence-electron chi connectivity index (χ3n) is 2.77. The van der Waals surface area contributed by atoms with Gasteiger partial charge in [-0.3, -0.25) is 0 Å². The summed E-state index contributed by atoms with van der Waals surface area (Å²) in [6.07, 6.45) is 3.50. The highest BCUT2D eigenvalue weighted by atomic mass is 35.5. The normalized spacial score (nSPS) is 12.7. The Balaban J connectivity index is 2.28. The molecule has 0 aliphatic rings. The molecule has 0 aliphatic heterocycles. The summed E-state index contributed by atoms with van der Waals surface area (Å²) < 4.78 is 0. The predicted octanol–water partition coefficient (Wildman–Crippen LogP) is 3.91. The molecule has 16 heavy (non-hydrogen) atoms. The minimum absolute atomic E-state index is 0.684. The van der Waals surface area contributed by atoms with Crippen LogP contribution >= 0.6 is 11.6 Å². The molecule has 1 N–H and O–H groups in total. The average molecular weight is 240 g/mol. The van der Waals surface area contributed by atoms with Gasteiger partial charge in [0.1, 0.15) is 0 Å². The number of hydrogen-bond acceptors (Lipinski definition) is 1. The van der Waals surface area contributed by atoms with Crippen LogP contribution in [-0.4, -0.2) is 13.1 Å². The number of benzene rings is 1. The Hall–Kier alpha value is -0.530. The van der Waals surface area contributed by atoms with E-state index < -0.39 is 0 Å². The van der Waals surface area contributed by atoms with Crippen molar-refractivity contribution in [3.8, 4) is 0 Å². The van der Waals surface area contributed by atoms with E-state index in [-0.39, 0.29) is 0 Å². The van der Waals surface area contributed by atoms with Crippen LogP contribution in [-0.2, 0) is 6.42 Å². The number of halogens is 1. The van der Waals surface area contributed by atoms with Crippen LogP contribution in [0.3, 0.4) is 0 Å². The van der Waals surface area contributed by atoms with Crippen molar-refractivity contribution < 1.29 is 0 Å². The van der Waals surface area contributed by atoms with E-state index in [2.05, 4.69) is 31.3 Å². The van der Waals surface area contributed by atoms with Crippen molar-refractivity contribution >= 4 is 11.6 Å². The molecule has 0 amide bonds. The van der Waals surface area contributed by atoms with Crippen molar-refractivity contribution in [2.75, 3.05) is 13.1 Å². The standard InChI is InChI=1S/C14H22ClN/c1-3-9-16-10-8-12(2)11-13-6-4-5-7-14(13)15/h4-7,12,16H,3,8-11H2,1-2H3. The predicted molar refractivity (Wildman–Crippen MR) is 72.1 cm³/mol. The third kappa shape index (κ3) is 5.00. The van der Waals surface area contributed by atoms with Crippen LogP contribution in [0.15, 0.2) is 24.3 Å². The van der Waals surface area contributed by atoms with E-state index in [0.29, 0.717) is 5.92 Å². The Labute approximate surface area is 104 Å². The van der Waals surface area contributed by atoms with Gasteiger partial charge in [-0.1, -0.05) is 43.6 Å². The van der Waals surface area contributed by atoms with Crippen molar-refractivity contribution in [3.63, 3.8) is 0 Å². The Bertz CT molecular complexity index is 299. The van der Waals surface area contributed by atoms with E-state index >= 15 is 0 Å². The van der Waals surface area contributed by atoms with Crippen molar-refractivity contribution in [2.45, 2.75) is 33.1 Å². The van der Waals surface area contributed by atoms with Gasteiger partial charge in [0.25, 0.3) is 0 Å². The molecule has 0 aliphatic carbocycles. The largest absolute Gasteiger partial charge is 0.317 e. The summed E-state index contributed by atoms with van der Waals surface area (Å²) in [6, 6.07) is 8.14. The lowest BCUT2D eigenvalue weighted by Crippen LogP contribution is -2.18. The van der Waals surface area contributed by atoms with Crippen LogP contribution in [0.2, 0.25) is 5.02 Å². The molecule has 1 unspecified atom stereocenters. The maximum atomic E-state index is 6.14.